The molecule has 20 heavy (non-hydrogen) atoms. The van der Waals surface area contributed by atoms with Gasteiger partial charge in [-0.05, 0) is 24.8 Å². The van der Waals surface area contributed by atoms with E-state index >= 15 is 0 Å². The normalized spacial score (nSPS) is 25.2. The first kappa shape index (κ1) is 14.4. The highest BCUT2D eigenvalue weighted by molar-refractivity contribution is 5.95. The van der Waals surface area contributed by atoms with Crippen LogP contribution in [0.1, 0.15) is 19.3 Å². The Hall–Kier alpha value is -2.00. The lowest BCUT2D eigenvalue weighted by Gasteiger charge is -2.41. The number of hydrogen-bond acceptors (Lipinski definition) is 5. The fourth-order valence-electron chi connectivity index (χ4n) is 2.91. The number of carbonyl (C=O) groups excluding carboxylic acids is 2. The Balaban J connectivity index is 2.38. The zero-order valence-electron chi connectivity index (χ0n) is 11.8. The van der Waals surface area contributed by atoms with E-state index in [1.807, 2.05) is 0 Å². The lowest BCUT2D eigenvalue weighted by molar-refractivity contribution is -0.148. The highest BCUT2D eigenvalue weighted by Crippen LogP contribution is 2.35. The fraction of sp³-hybridized carbons (Fsp3) is 0.533. The van der Waals surface area contributed by atoms with Crippen molar-refractivity contribution in [2.75, 3.05) is 20.8 Å². The summed E-state index contributed by atoms with van der Waals surface area (Å²) in [7, 11) is 2.64. The molecule has 0 radical (unpaired) electrons. The minimum absolute atomic E-state index is 0.0683. The number of ether oxygens (including phenoxy) is 2. The maximum absolute atomic E-state index is 11.9. The average Bonchev–Trinajstić information content (AvgIpc) is 2.51. The summed E-state index contributed by atoms with van der Waals surface area (Å²) in [4.78, 5) is 25.9. The number of fused-ring (bicyclic) bond motifs is 1. The van der Waals surface area contributed by atoms with Gasteiger partial charge in [0.15, 0.2) is 0 Å². The molecule has 0 aromatic rings. The van der Waals surface area contributed by atoms with Crippen LogP contribution < -0.4 is 0 Å². The van der Waals surface area contributed by atoms with E-state index in [1.54, 1.807) is 6.20 Å². The first-order valence-electron chi connectivity index (χ1n) is 6.64. The largest absolute Gasteiger partial charge is 0.469 e. The van der Waals surface area contributed by atoms with E-state index in [0.29, 0.717) is 12.0 Å². The lowest BCUT2D eigenvalue weighted by Crippen LogP contribution is -2.45. The number of rotatable bonds is 2. The summed E-state index contributed by atoms with van der Waals surface area (Å²) in [6.07, 6.45) is 4.16. The van der Waals surface area contributed by atoms with E-state index in [-0.39, 0.29) is 6.04 Å². The number of nitrogens with zero attached hydrogens (tertiary/aromatic N) is 1. The molecule has 2 heterocycles. The Morgan fingerprint density at radius 1 is 1.40 bits per heavy atom. The standard InChI is InChI=1S/C15H19NO4/c1-4-10-6-5-7-16-9-12(15(18)20-3)11(8-13(10)16)14(17)19-2/h9,11,13H,1,5-8H2,2-3H3/t11-,13-/m1/s1. The Morgan fingerprint density at radius 2 is 2.15 bits per heavy atom. The third kappa shape index (κ3) is 2.49. The summed E-state index contributed by atoms with van der Waals surface area (Å²) in [5.41, 5.74) is 4.42. The van der Waals surface area contributed by atoms with Crippen LogP contribution in [0, 0.1) is 5.92 Å². The van der Waals surface area contributed by atoms with Crippen LogP contribution in [-0.2, 0) is 19.1 Å². The molecule has 108 valence electrons. The molecular formula is C15H19NO4. The highest BCUT2D eigenvalue weighted by Gasteiger charge is 2.40. The summed E-state index contributed by atoms with van der Waals surface area (Å²) in [6.45, 7) is 4.57. The van der Waals surface area contributed by atoms with E-state index in [2.05, 4.69) is 17.2 Å². The van der Waals surface area contributed by atoms with Gasteiger partial charge in [0.2, 0.25) is 0 Å². The summed E-state index contributed by atoms with van der Waals surface area (Å²) in [6, 6.07) is 0.0683. The van der Waals surface area contributed by atoms with Gasteiger partial charge in [-0.15, -0.1) is 5.73 Å². The third-order valence-corrected chi connectivity index (χ3v) is 3.94. The molecule has 2 aliphatic rings. The third-order valence-electron chi connectivity index (χ3n) is 3.94. The van der Waals surface area contributed by atoms with Crippen LogP contribution >= 0.6 is 0 Å². The molecule has 0 unspecified atom stereocenters. The van der Waals surface area contributed by atoms with Crippen LogP contribution in [0.3, 0.4) is 0 Å². The zero-order valence-corrected chi connectivity index (χ0v) is 11.8. The fourth-order valence-corrected chi connectivity index (χ4v) is 2.91. The molecule has 5 nitrogen and oxygen atoms in total. The second kappa shape index (κ2) is 5.97. The maximum atomic E-state index is 11.9. The van der Waals surface area contributed by atoms with Crippen molar-refractivity contribution in [3.63, 3.8) is 0 Å². The molecule has 5 heteroatoms. The molecule has 0 aliphatic carbocycles. The quantitative estimate of drug-likeness (QED) is 0.564. The SMILES string of the molecule is C=C=C1CCCN2C=C(C(=O)OC)[C@H](C(=O)OC)C[C@H]12. The van der Waals surface area contributed by atoms with Crippen LogP contribution in [0.2, 0.25) is 0 Å². The predicted molar refractivity (Wildman–Crippen MR) is 72.6 cm³/mol. The van der Waals surface area contributed by atoms with Crippen molar-refractivity contribution in [3.05, 3.63) is 29.7 Å². The minimum Gasteiger partial charge on any atom is -0.469 e. The van der Waals surface area contributed by atoms with Crippen molar-refractivity contribution in [2.45, 2.75) is 25.3 Å². The molecule has 0 aromatic carbocycles. The van der Waals surface area contributed by atoms with Crippen LogP contribution in [0.25, 0.3) is 0 Å². The van der Waals surface area contributed by atoms with E-state index < -0.39 is 17.9 Å². The average molecular weight is 277 g/mol. The van der Waals surface area contributed by atoms with Gasteiger partial charge in [0.25, 0.3) is 0 Å². The zero-order chi connectivity index (χ0) is 14.7. The summed E-state index contributed by atoms with van der Waals surface area (Å²) >= 11 is 0. The molecule has 0 bridgehead atoms. The van der Waals surface area contributed by atoms with Crippen molar-refractivity contribution in [2.24, 2.45) is 5.92 Å². The van der Waals surface area contributed by atoms with Crippen LogP contribution in [0.5, 0.6) is 0 Å². The maximum Gasteiger partial charge on any atom is 0.336 e. The van der Waals surface area contributed by atoms with E-state index in [4.69, 9.17) is 9.47 Å². The Kier molecular flexibility index (Phi) is 4.30. The Bertz CT molecular complexity index is 502. The van der Waals surface area contributed by atoms with Crippen LogP contribution in [0.15, 0.2) is 29.7 Å². The van der Waals surface area contributed by atoms with Crippen molar-refractivity contribution in [3.8, 4) is 0 Å². The predicted octanol–water partition coefficient (Wildman–Crippen LogP) is 1.41. The van der Waals surface area contributed by atoms with Crippen LogP contribution in [0.4, 0.5) is 0 Å². The van der Waals surface area contributed by atoms with Gasteiger partial charge >= 0.3 is 11.9 Å². The Morgan fingerprint density at radius 3 is 2.75 bits per heavy atom. The summed E-state index contributed by atoms with van der Waals surface area (Å²) in [5.74, 6) is -1.47. The van der Waals surface area contributed by atoms with Gasteiger partial charge < -0.3 is 14.4 Å². The van der Waals surface area contributed by atoms with Gasteiger partial charge in [0.05, 0.1) is 31.8 Å². The van der Waals surface area contributed by atoms with E-state index in [9.17, 15) is 9.59 Å². The molecule has 1 saturated heterocycles. The number of carbonyl (C=O) groups is 2. The summed E-state index contributed by atoms with van der Waals surface area (Å²) < 4.78 is 9.58. The molecule has 0 aromatic heterocycles. The van der Waals surface area contributed by atoms with Gasteiger partial charge in [-0.3, -0.25) is 4.79 Å². The molecular weight excluding hydrogens is 258 g/mol. The second-order valence-corrected chi connectivity index (χ2v) is 4.95. The van der Waals surface area contributed by atoms with Crippen molar-refractivity contribution in [1.82, 2.24) is 4.90 Å². The molecule has 1 fully saturated rings. The van der Waals surface area contributed by atoms with E-state index in [0.717, 1.165) is 25.0 Å². The van der Waals surface area contributed by atoms with Gasteiger partial charge in [0, 0.05) is 12.7 Å². The van der Waals surface area contributed by atoms with Gasteiger partial charge in [0.1, 0.15) is 0 Å². The smallest absolute Gasteiger partial charge is 0.336 e. The molecule has 0 amide bonds. The minimum atomic E-state index is -0.588. The van der Waals surface area contributed by atoms with Gasteiger partial charge in [-0.1, -0.05) is 6.58 Å². The topological polar surface area (TPSA) is 55.8 Å². The number of methoxy groups -OCH3 is 2. The first-order valence-corrected chi connectivity index (χ1v) is 6.64. The van der Waals surface area contributed by atoms with Crippen LogP contribution in [-0.4, -0.2) is 43.6 Å². The Labute approximate surface area is 118 Å². The van der Waals surface area contributed by atoms with E-state index in [1.165, 1.54) is 14.2 Å². The summed E-state index contributed by atoms with van der Waals surface area (Å²) in [5, 5.41) is 0. The molecule has 2 rings (SSSR count). The van der Waals surface area contributed by atoms with Crippen molar-refractivity contribution >= 4 is 11.9 Å². The lowest BCUT2D eigenvalue weighted by atomic mass is 9.82. The number of hydrogen-bond donors (Lipinski definition) is 0. The second-order valence-electron chi connectivity index (χ2n) is 4.95. The number of esters is 2. The molecule has 2 aliphatic heterocycles. The van der Waals surface area contributed by atoms with Crippen molar-refractivity contribution < 1.29 is 19.1 Å². The van der Waals surface area contributed by atoms with Crippen molar-refractivity contribution in [1.29, 1.82) is 0 Å². The molecule has 0 spiro atoms. The van der Waals surface area contributed by atoms with Gasteiger partial charge in [-0.25, -0.2) is 4.79 Å². The molecule has 2 atom stereocenters. The first-order chi connectivity index (χ1) is 9.62. The number of piperidine rings is 1. The monoisotopic (exact) mass is 277 g/mol. The highest BCUT2D eigenvalue weighted by atomic mass is 16.5. The molecule has 0 N–H and O–H groups in total. The molecule has 0 saturated carbocycles. The van der Waals surface area contributed by atoms with Gasteiger partial charge in [-0.2, -0.15) is 0 Å².